The van der Waals surface area contributed by atoms with E-state index in [1.807, 2.05) is 24.3 Å². The van der Waals surface area contributed by atoms with Crippen molar-refractivity contribution in [1.29, 1.82) is 0 Å². The number of ether oxygens (including phenoxy) is 2. The molecular formula is C33H50N2O3. The van der Waals surface area contributed by atoms with Gasteiger partial charge < -0.3 is 9.47 Å². The zero-order valence-electron chi connectivity index (χ0n) is 24.0. The van der Waals surface area contributed by atoms with Crippen LogP contribution in [0.5, 0.6) is 11.5 Å². The SMILES string of the molecule is CCCCCCCCCCCOc1cnc(-c2ccc(OC(=O)C3CCC(CCCCC)CC3)cc2)nc1. The lowest BCUT2D eigenvalue weighted by Gasteiger charge is -2.27. The number of benzene rings is 1. The van der Waals surface area contributed by atoms with Gasteiger partial charge in [0.05, 0.1) is 24.9 Å². The first-order chi connectivity index (χ1) is 18.7. The Labute approximate surface area is 231 Å². The van der Waals surface area contributed by atoms with Crippen molar-refractivity contribution in [3.05, 3.63) is 36.7 Å². The highest BCUT2D eigenvalue weighted by molar-refractivity contribution is 5.75. The number of aromatic nitrogens is 2. The monoisotopic (exact) mass is 522 g/mol. The lowest BCUT2D eigenvalue weighted by Crippen LogP contribution is -2.25. The molecule has 1 heterocycles. The Morgan fingerprint density at radius 2 is 1.32 bits per heavy atom. The quantitative estimate of drug-likeness (QED) is 0.111. The third-order valence-electron chi connectivity index (χ3n) is 7.87. The predicted octanol–water partition coefficient (Wildman–Crippen LogP) is 9.35. The molecule has 5 nitrogen and oxygen atoms in total. The van der Waals surface area contributed by atoms with Crippen molar-refractivity contribution in [2.45, 2.75) is 123 Å². The number of carbonyl (C=O) groups excluding carboxylic acids is 1. The molecule has 0 unspecified atom stereocenters. The van der Waals surface area contributed by atoms with Crippen molar-refractivity contribution in [3.8, 4) is 22.9 Å². The van der Waals surface area contributed by atoms with E-state index in [2.05, 4.69) is 23.8 Å². The van der Waals surface area contributed by atoms with Crippen LogP contribution in [-0.4, -0.2) is 22.5 Å². The number of unbranched alkanes of at least 4 members (excludes halogenated alkanes) is 10. The molecule has 2 aromatic rings. The molecule has 0 radical (unpaired) electrons. The number of rotatable bonds is 18. The van der Waals surface area contributed by atoms with Crippen LogP contribution < -0.4 is 9.47 Å². The van der Waals surface area contributed by atoms with E-state index in [-0.39, 0.29) is 11.9 Å². The second-order valence-corrected chi connectivity index (χ2v) is 11.1. The highest BCUT2D eigenvalue weighted by Crippen LogP contribution is 2.33. The lowest BCUT2D eigenvalue weighted by atomic mass is 9.80. The third-order valence-corrected chi connectivity index (χ3v) is 7.87. The molecule has 1 aliphatic carbocycles. The van der Waals surface area contributed by atoms with Gasteiger partial charge in [-0.15, -0.1) is 0 Å². The van der Waals surface area contributed by atoms with Crippen molar-refractivity contribution in [2.24, 2.45) is 11.8 Å². The summed E-state index contributed by atoms with van der Waals surface area (Å²) in [7, 11) is 0. The Bertz CT molecular complexity index is 889. The molecule has 1 aliphatic rings. The van der Waals surface area contributed by atoms with Gasteiger partial charge in [-0.25, -0.2) is 9.97 Å². The minimum absolute atomic E-state index is 0.0310. The molecule has 1 saturated carbocycles. The van der Waals surface area contributed by atoms with E-state index in [0.29, 0.717) is 23.9 Å². The summed E-state index contributed by atoms with van der Waals surface area (Å²) >= 11 is 0. The van der Waals surface area contributed by atoms with Gasteiger partial charge in [-0.3, -0.25) is 4.79 Å². The Morgan fingerprint density at radius 1 is 0.737 bits per heavy atom. The van der Waals surface area contributed by atoms with E-state index >= 15 is 0 Å². The standard InChI is InChI=1S/C33H50N2O3/c1-3-5-7-8-9-10-11-12-14-24-37-31-25-34-32(35-26-31)28-20-22-30(23-21-28)38-33(36)29-18-16-27(17-19-29)15-13-6-4-2/h20-23,25-27,29H,3-19,24H2,1-2H3. The van der Waals surface area contributed by atoms with Gasteiger partial charge in [-0.1, -0.05) is 90.9 Å². The number of hydrogen-bond donors (Lipinski definition) is 0. The summed E-state index contributed by atoms with van der Waals surface area (Å²) in [6.07, 6.45) is 24.6. The van der Waals surface area contributed by atoms with Crippen molar-refractivity contribution < 1.29 is 14.3 Å². The van der Waals surface area contributed by atoms with Gasteiger partial charge in [-0.05, 0) is 62.3 Å². The first-order valence-electron chi connectivity index (χ1n) is 15.5. The topological polar surface area (TPSA) is 61.3 Å². The van der Waals surface area contributed by atoms with E-state index in [9.17, 15) is 4.79 Å². The minimum atomic E-state index is -0.0884. The molecule has 38 heavy (non-hydrogen) atoms. The molecule has 0 saturated heterocycles. The second kappa shape index (κ2) is 18.0. The van der Waals surface area contributed by atoms with E-state index in [4.69, 9.17) is 9.47 Å². The summed E-state index contributed by atoms with van der Waals surface area (Å²) in [5.41, 5.74) is 0.892. The first-order valence-corrected chi connectivity index (χ1v) is 15.5. The molecule has 1 aromatic carbocycles. The highest BCUT2D eigenvalue weighted by atomic mass is 16.5. The zero-order chi connectivity index (χ0) is 26.8. The van der Waals surface area contributed by atoms with Crippen molar-refractivity contribution >= 4 is 5.97 Å². The average molecular weight is 523 g/mol. The molecule has 0 bridgehead atoms. The van der Waals surface area contributed by atoms with Crippen LogP contribution >= 0.6 is 0 Å². The molecule has 0 aliphatic heterocycles. The van der Waals surface area contributed by atoms with E-state index in [0.717, 1.165) is 43.6 Å². The lowest BCUT2D eigenvalue weighted by molar-refractivity contribution is -0.140. The minimum Gasteiger partial charge on any atom is -0.490 e. The van der Waals surface area contributed by atoms with Gasteiger partial charge in [0.2, 0.25) is 0 Å². The van der Waals surface area contributed by atoms with Crippen molar-refractivity contribution in [2.75, 3.05) is 6.61 Å². The molecular weight excluding hydrogens is 472 g/mol. The number of carbonyl (C=O) groups is 1. The van der Waals surface area contributed by atoms with Gasteiger partial charge in [-0.2, -0.15) is 0 Å². The van der Waals surface area contributed by atoms with Gasteiger partial charge in [0, 0.05) is 5.56 Å². The van der Waals surface area contributed by atoms with Gasteiger partial charge >= 0.3 is 5.97 Å². The second-order valence-electron chi connectivity index (χ2n) is 11.1. The summed E-state index contributed by atoms with van der Waals surface area (Å²) in [5.74, 6) is 2.66. The van der Waals surface area contributed by atoms with Crippen LogP contribution in [0.2, 0.25) is 0 Å². The van der Waals surface area contributed by atoms with Crippen LogP contribution in [0.4, 0.5) is 0 Å². The van der Waals surface area contributed by atoms with Gasteiger partial charge in [0.15, 0.2) is 11.6 Å². The zero-order valence-corrected chi connectivity index (χ0v) is 24.0. The Morgan fingerprint density at radius 3 is 1.95 bits per heavy atom. The molecule has 1 fully saturated rings. The maximum atomic E-state index is 12.7. The fourth-order valence-corrected chi connectivity index (χ4v) is 5.38. The Balaban J connectivity index is 1.32. The summed E-state index contributed by atoms with van der Waals surface area (Å²) in [5, 5.41) is 0. The van der Waals surface area contributed by atoms with Crippen LogP contribution in [0.3, 0.4) is 0 Å². The molecule has 0 amide bonds. The maximum absolute atomic E-state index is 12.7. The molecule has 1 aromatic heterocycles. The molecule has 5 heteroatoms. The van der Waals surface area contributed by atoms with Crippen LogP contribution in [0.1, 0.15) is 123 Å². The van der Waals surface area contributed by atoms with E-state index < -0.39 is 0 Å². The maximum Gasteiger partial charge on any atom is 0.314 e. The number of nitrogens with zero attached hydrogens (tertiary/aromatic N) is 2. The van der Waals surface area contributed by atoms with E-state index in [1.54, 1.807) is 12.4 Å². The molecule has 0 atom stereocenters. The molecule has 210 valence electrons. The predicted molar refractivity (Wildman–Crippen MR) is 155 cm³/mol. The third kappa shape index (κ3) is 11.1. The summed E-state index contributed by atoms with van der Waals surface area (Å²) in [6.45, 7) is 5.22. The average Bonchev–Trinajstić information content (AvgIpc) is 2.95. The molecule has 0 N–H and O–H groups in total. The molecule has 0 spiro atoms. The Hall–Kier alpha value is -2.43. The Kier molecular flexibility index (Phi) is 14.2. The normalized spacial score (nSPS) is 17.3. The van der Waals surface area contributed by atoms with Crippen LogP contribution in [0, 0.1) is 11.8 Å². The van der Waals surface area contributed by atoms with Crippen molar-refractivity contribution in [3.63, 3.8) is 0 Å². The fraction of sp³-hybridized carbons (Fsp3) is 0.667. The van der Waals surface area contributed by atoms with Gasteiger partial charge in [0.25, 0.3) is 0 Å². The smallest absolute Gasteiger partial charge is 0.314 e. The molecule has 3 rings (SSSR count). The van der Waals surface area contributed by atoms with Crippen LogP contribution in [0.15, 0.2) is 36.7 Å². The fourth-order valence-electron chi connectivity index (χ4n) is 5.38. The van der Waals surface area contributed by atoms with Crippen LogP contribution in [0.25, 0.3) is 11.4 Å². The highest BCUT2D eigenvalue weighted by Gasteiger charge is 2.27. The van der Waals surface area contributed by atoms with E-state index in [1.165, 1.54) is 77.0 Å². The van der Waals surface area contributed by atoms with Gasteiger partial charge in [0.1, 0.15) is 5.75 Å². The van der Waals surface area contributed by atoms with Crippen molar-refractivity contribution in [1.82, 2.24) is 9.97 Å². The summed E-state index contributed by atoms with van der Waals surface area (Å²) in [4.78, 5) is 21.6. The summed E-state index contributed by atoms with van der Waals surface area (Å²) in [6, 6.07) is 7.49. The summed E-state index contributed by atoms with van der Waals surface area (Å²) < 4.78 is 11.5. The largest absolute Gasteiger partial charge is 0.490 e. The number of hydrogen-bond acceptors (Lipinski definition) is 5. The first kappa shape index (κ1) is 30.1. The number of esters is 1. The van der Waals surface area contributed by atoms with Crippen LogP contribution in [-0.2, 0) is 4.79 Å².